The molecular weight excluding hydrogens is 200 g/mol. The van der Waals surface area contributed by atoms with Crippen LogP contribution in [0.15, 0.2) is 4.52 Å². The van der Waals surface area contributed by atoms with Crippen LogP contribution >= 0.6 is 0 Å². The van der Waals surface area contributed by atoms with Gasteiger partial charge in [-0.15, -0.1) is 0 Å². The summed E-state index contributed by atoms with van der Waals surface area (Å²) in [7, 11) is 0. The highest BCUT2D eigenvalue weighted by atomic mass is 16.5. The SMILES string of the molecule is CC1CC(c2nc(C(=O)O)no2)C(C)O1. The Balaban J connectivity index is 2.19. The first kappa shape index (κ1) is 10.1. The minimum absolute atomic E-state index is 0.000556. The molecule has 0 spiro atoms. The van der Waals surface area contributed by atoms with Crippen molar-refractivity contribution in [3.05, 3.63) is 11.7 Å². The average molecular weight is 212 g/mol. The highest BCUT2D eigenvalue weighted by Crippen LogP contribution is 2.33. The highest BCUT2D eigenvalue weighted by Gasteiger charge is 2.35. The molecule has 1 fully saturated rings. The van der Waals surface area contributed by atoms with Gasteiger partial charge in [0, 0.05) is 0 Å². The maximum absolute atomic E-state index is 10.6. The van der Waals surface area contributed by atoms with Gasteiger partial charge in [-0.3, -0.25) is 0 Å². The minimum atomic E-state index is -1.18. The van der Waals surface area contributed by atoms with E-state index in [0.29, 0.717) is 5.89 Å². The lowest BCUT2D eigenvalue weighted by atomic mass is 10.0. The lowest BCUT2D eigenvalue weighted by molar-refractivity contribution is 0.0607. The van der Waals surface area contributed by atoms with Crippen molar-refractivity contribution < 1.29 is 19.2 Å². The first-order valence-corrected chi connectivity index (χ1v) is 4.80. The zero-order valence-electron chi connectivity index (χ0n) is 8.51. The second kappa shape index (κ2) is 3.62. The molecule has 82 valence electrons. The van der Waals surface area contributed by atoms with Crippen LogP contribution in [0.3, 0.4) is 0 Å². The molecule has 1 aromatic heterocycles. The van der Waals surface area contributed by atoms with E-state index in [0.717, 1.165) is 6.42 Å². The molecule has 2 heterocycles. The van der Waals surface area contributed by atoms with Crippen LogP contribution < -0.4 is 0 Å². The molecule has 0 radical (unpaired) electrons. The zero-order valence-corrected chi connectivity index (χ0v) is 8.51. The Morgan fingerprint density at radius 1 is 1.53 bits per heavy atom. The van der Waals surface area contributed by atoms with Gasteiger partial charge < -0.3 is 14.4 Å². The van der Waals surface area contributed by atoms with Crippen LogP contribution in [-0.2, 0) is 4.74 Å². The van der Waals surface area contributed by atoms with Gasteiger partial charge in [-0.05, 0) is 25.4 Å². The number of ether oxygens (including phenoxy) is 1. The number of aromatic carboxylic acids is 1. The molecule has 3 atom stereocenters. The largest absolute Gasteiger partial charge is 0.475 e. The van der Waals surface area contributed by atoms with Crippen LogP contribution in [0, 0.1) is 0 Å². The molecule has 1 aliphatic heterocycles. The van der Waals surface area contributed by atoms with Gasteiger partial charge in [0.25, 0.3) is 5.82 Å². The summed E-state index contributed by atoms with van der Waals surface area (Å²) in [6.07, 6.45) is 0.912. The molecule has 0 aromatic carbocycles. The van der Waals surface area contributed by atoms with E-state index in [2.05, 4.69) is 10.1 Å². The Hall–Kier alpha value is -1.43. The number of carboxylic acids is 1. The standard InChI is InChI=1S/C9H12N2O4/c1-4-3-6(5(2)14-4)8-10-7(9(12)13)11-15-8/h4-6H,3H2,1-2H3,(H,12,13). The summed E-state index contributed by atoms with van der Waals surface area (Å²) >= 11 is 0. The maximum atomic E-state index is 10.6. The Bertz CT molecular complexity index is 376. The third-order valence-corrected chi connectivity index (χ3v) is 2.55. The van der Waals surface area contributed by atoms with Crippen LogP contribution in [0.25, 0.3) is 0 Å². The summed E-state index contributed by atoms with van der Waals surface area (Å²) in [5.41, 5.74) is 0. The van der Waals surface area contributed by atoms with Gasteiger partial charge in [0.05, 0.1) is 18.1 Å². The van der Waals surface area contributed by atoms with Crippen molar-refractivity contribution in [3.8, 4) is 0 Å². The van der Waals surface area contributed by atoms with Crippen LogP contribution in [0.4, 0.5) is 0 Å². The molecular formula is C9H12N2O4. The summed E-state index contributed by atoms with van der Waals surface area (Å²) in [4.78, 5) is 14.4. The second-order valence-corrected chi connectivity index (χ2v) is 3.76. The number of hydrogen-bond acceptors (Lipinski definition) is 5. The molecule has 2 rings (SSSR count). The molecule has 0 amide bonds. The first-order chi connectivity index (χ1) is 7.08. The average Bonchev–Trinajstić information content (AvgIpc) is 2.71. The Labute approximate surface area is 86.2 Å². The van der Waals surface area contributed by atoms with Crippen molar-refractivity contribution in [2.45, 2.75) is 38.4 Å². The molecule has 0 aliphatic carbocycles. The van der Waals surface area contributed by atoms with Gasteiger partial charge in [-0.25, -0.2) is 4.79 Å². The van der Waals surface area contributed by atoms with Crippen molar-refractivity contribution in [3.63, 3.8) is 0 Å². The number of aromatic nitrogens is 2. The summed E-state index contributed by atoms with van der Waals surface area (Å²) in [6.45, 7) is 3.88. The number of nitrogens with zero attached hydrogens (tertiary/aromatic N) is 2. The van der Waals surface area contributed by atoms with Gasteiger partial charge in [0.2, 0.25) is 5.89 Å². The third kappa shape index (κ3) is 1.85. The monoisotopic (exact) mass is 212 g/mol. The van der Waals surface area contributed by atoms with Crippen LogP contribution in [-0.4, -0.2) is 33.4 Å². The van der Waals surface area contributed by atoms with E-state index in [1.54, 1.807) is 0 Å². The Morgan fingerprint density at radius 2 is 2.27 bits per heavy atom. The molecule has 3 unspecified atom stereocenters. The first-order valence-electron chi connectivity index (χ1n) is 4.80. The van der Waals surface area contributed by atoms with E-state index in [1.165, 1.54) is 0 Å². The molecule has 1 N–H and O–H groups in total. The Morgan fingerprint density at radius 3 is 2.73 bits per heavy atom. The topological polar surface area (TPSA) is 85.5 Å². The number of carbonyl (C=O) groups is 1. The van der Waals surface area contributed by atoms with E-state index in [-0.39, 0.29) is 24.0 Å². The lowest BCUT2D eigenvalue weighted by Crippen LogP contribution is -2.10. The van der Waals surface area contributed by atoms with Crippen LogP contribution in [0.2, 0.25) is 0 Å². The van der Waals surface area contributed by atoms with E-state index >= 15 is 0 Å². The molecule has 0 saturated carbocycles. The second-order valence-electron chi connectivity index (χ2n) is 3.76. The van der Waals surface area contributed by atoms with Gasteiger partial charge in [-0.2, -0.15) is 4.98 Å². The summed E-state index contributed by atoms with van der Waals surface area (Å²) in [5.74, 6) is -1.12. The fraction of sp³-hybridized carbons (Fsp3) is 0.667. The van der Waals surface area contributed by atoms with Crippen molar-refractivity contribution in [1.82, 2.24) is 10.1 Å². The predicted octanol–water partition coefficient (Wildman–Crippen LogP) is 1.05. The van der Waals surface area contributed by atoms with Gasteiger partial charge in [0.15, 0.2) is 0 Å². The van der Waals surface area contributed by atoms with Crippen LogP contribution in [0.5, 0.6) is 0 Å². The van der Waals surface area contributed by atoms with Crippen LogP contribution in [0.1, 0.15) is 42.7 Å². The maximum Gasteiger partial charge on any atom is 0.377 e. The molecule has 1 saturated heterocycles. The molecule has 15 heavy (non-hydrogen) atoms. The van der Waals surface area contributed by atoms with E-state index in [4.69, 9.17) is 14.4 Å². The molecule has 1 aromatic rings. The van der Waals surface area contributed by atoms with E-state index in [9.17, 15) is 4.79 Å². The molecule has 1 aliphatic rings. The highest BCUT2D eigenvalue weighted by molar-refractivity contribution is 5.82. The summed E-state index contributed by atoms with van der Waals surface area (Å²) < 4.78 is 10.4. The minimum Gasteiger partial charge on any atom is -0.475 e. The third-order valence-electron chi connectivity index (χ3n) is 2.55. The van der Waals surface area contributed by atoms with Crippen molar-refractivity contribution in [2.75, 3.05) is 0 Å². The van der Waals surface area contributed by atoms with Crippen molar-refractivity contribution in [2.24, 2.45) is 0 Å². The van der Waals surface area contributed by atoms with Gasteiger partial charge >= 0.3 is 5.97 Å². The molecule has 6 heteroatoms. The number of carboxylic acid groups (broad SMARTS) is 1. The van der Waals surface area contributed by atoms with Crippen molar-refractivity contribution in [1.29, 1.82) is 0 Å². The summed E-state index contributed by atoms with van der Waals surface area (Å²) in [5, 5.41) is 12.0. The van der Waals surface area contributed by atoms with Gasteiger partial charge in [-0.1, -0.05) is 0 Å². The summed E-state index contributed by atoms with van der Waals surface area (Å²) in [6, 6.07) is 0. The number of rotatable bonds is 2. The normalized spacial score (nSPS) is 30.7. The fourth-order valence-corrected chi connectivity index (χ4v) is 1.84. The molecule has 6 nitrogen and oxygen atoms in total. The predicted molar refractivity (Wildman–Crippen MR) is 48.6 cm³/mol. The fourth-order valence-electron chi connectivity index (χ4n) is 1.84. The zero-order chi connectivity index (χ0) is 11.0. The van der Waals surface area contributed by atoms with E-state index < -0.39 is 5.97 Å². The quantitative estimate of drug-likeness (QED) is 0.788. The number of hydrogen-bond donors (Lipinski definition) is 1. The van der Waals surface area contributed by atoms with Crippen molar-refractivity contribution >= 4 is 5.97 Å². The smallest absolute Gasteiger partial charge is 0.377 e. The lowest BCUT2D eigenvalue weighted by Gasteiger charge is -2.07. The van der Waals surface area contributed by atoms with Gasteiger partial charge in [0.1, 0.15) is 0 Å². The molecule has 0 bridgehead atoms. The van der Waals surface area contributed by atoms with E-state index in [1.807, 2.05) is 13.8 Å². The Kier molecular flexibility index (Phi) is 2.44.